The molecule has 0 aliphatic carbocycles. The normalized spacial score (nSPS) is 9.00. The summed E-state index contributed by atoms with van der Waals surface area (Å²) >= 11 is 0. The number of hydrogen-bond acceptors (Lipinski definition) is 2. The van der Waals surface area contributed by atoms with E-state index in [4.69, 9.17) is 15.9 Å². The minimum absolute atomic E-state index is 0.243. The SMILES string of the molecule is C#CCOc1ccc([CH2])cc1OC. The summed E-state index contributed by atoms with van der Waals surface area (Å²) in [6.07, 6.45) is 5.07. The zero-order chi connectivity index (χ0) is 9.68. The number of methoxy groups -OCH3 is 1. The van der Waals surface area contributed by atoms with Crippen LogP contribution in [0.5, 0.6) is 11.5 Å². The van der Waals surface area contributed by atoms with Gasteiger partial charge in [0.2, 0.25) is 0 Å². The third-order valence-corrected chi connectivity index (χ3v) is 1.54. The Kier molecular flexibility index (Phi) is 3.22. The van der Waals surface area contributed by atoms with Crippen LogP contribution < -0.4 is 9.47 Å². The molecule has 0 saturated carbocycles. The van der Waals surface area contributed by atoms with Crippen molar-refractivity contribution >= 4 is 0 Å². The zero-order valence-corrected chi connectivity index (χ0v) is 7.54. The molecule has 13 heavy (non-hydrogen) atoms. The summed E-state index contributed by atoms with van der Waals surface area (Å²) < 4.78 is 10.3. The van der Waals surface area contributed by atoms with Crippen molar-refractivity contribution in [1.82, 2.24) is 0 Å². The molecule has 2 heteroatoms. The van der Waals surface area contributed by atoms with Crippen LogP contribution in [-0.2, 0) is 0 Å². The summed E-state index contributed by atoms with van der Waals surface area (Å²) in [6.45, 7) is 4.02. The molecule has 0 amide bonds. The standard InChI is InChI=1S/C11H11O2/c1-4-7-13-10-6-5-9(2)8-11(10)12-3/h1,5-6,8H,2,7H2,3H3. The highest BCUT2D eigenvalue weighted by Gasteiger charge is 2.02. The van der Waals surface area contributed by atoms with Crippen LogP contribution >= 0.6 is 0 Å². The van der Waals surface area contributed by atoms with Crippen LogP contribution in [0.4, 0.5) is 0 Å². The van der Waals surface area contributed by atoms with Crippen LogP contribution in [0.15, 0.2) is 18.2 Å². The van der Waals surface area contributed by atoms with E-state index in [0.717, 1.165) is 5.56 Å². The molecule has 1 aromatic carbocycles. The van der Waals surface area contributed by atoms with Crippen LogP contribution in [0.3, 0.4) is 0 Å². The molecule has 0 saturated heterocycles. The molecule has 67 valence electrons. The van der Waals surface area contributed by atoms with Gasteiger partial charge >= 0.3 is 0 Å². The van der Waals surface area contributed by atoms with Crippen LogP contribution in [0, 0.1) is 19.3 Å². The number of benzene rings is 1. The molecule has 0 unspecified atom stereocenters. The third-order valence-electron chi connectivity index (χ3n) is 1.54. The lowest BCUT2D eigenvalue weighted by atomic mass is 10.2. The van der Waals surface area contributed by atoms with Crippen LogP contribution in [0.2, 0.25) is 0 Å². The second-order valence-corrected chi connectivity index (χ2v) is 2.48. The predicted octanol–water partition coefficient (Wildman–Crippen LogP) is 1.89. The van der Waals surface area contributed by atoms with E-state index in [1.54, 1.807) is 19.2 Å². The number of ether oxygens (including phenoxy) is 2. The van der Waals surface area contributed by atoms with Crippen LogP contribution in [-0.4, -0.2) is 13.7 Å². The average molecular weight is 175 g/mol. The molecule has 0 N–H and O–H groups in total. The lowest BCUT2D eigenvalue weighted by molar-refractivity contribution is 0.331. The number of terminal acetylenes is 1. The van der Waals surface area contributed by atoms with Gasteiger partial charge in [-0.25, -0.2) is 0 Å². The van der Waals surface area contributed by atoms with Gasteiger partial charge in [0.15, 0.2) is 11.5 Å². The maximum absolute atomic E-state index is 5.24. The van der Waals surface area contributed by atoms with Gasteiger partial charge in [-0.2, -0.15) is 0 Å². The molecule has 0 spiro atoms. The summed E-state index contributed by atoms with van der Waals surface area (Å²) in [5.74, 6) is 3.69. The van der Waals surface area contributed by atoms with Gasteiger partial charge in [0.1, 0.15) is 6.61 Å². The highest BCUT2D eigenvalue weighted by Crippen LogP contribution is 2.27. The molecule has 1 rings (SSSR count). The first-order chi connectivity index (χ1) is 6.27. The monoisotopic (exact) mass is 175 g/mol. The summed E-state index contributed by atoms with van der Waals surface area (Å²) in [6, 6.07) is 5.43. The van der Waals surface area contributed by atoms with E-state index in [2.05, 4.69) is 12.8 Å². The predicted molar refractivity (Wildman–Crippen MR) is 51.8 cm³/mol. The van der Waals surface area contributed by atoms with Crippen LogP contribution in [0.1, 0.15) is 5.56 Å². The molecule has 0 atom stereocenters. The van der Waals surface area contributed by atoms with E-state index >= 15 is 0 Å². The van der Waals surface area contributed by atoms with Gasteiger partial charge < -0.3 is 9.47 Å². The minimum atomic E-state index is 0.243. The Morgan fingerprint density at radius 2 is 2.23 bits per heavy atom. The molecular weight excluding hydrogens is 164 g/mol. The summed E-state index contributed by atoms with van der Waals surface area (Å²) in [5.41, 5.74) is 0.880. The highest BCUT2D eigenvalue weighted by molar-refractivity contribution is 5.43. The smallest absolute Gasteiger partial charge is 0.162 e. The third kappa shape index (κ3) is 2.41. The fourth-order valence-electron chi connectivity index (χ4n) is 0.951. The van der Waals surface area contributed by atoms with E-state index < -0.39 is 0 Å². The van der Waals surface area contributed by atoms with Gasteiger partial charge in [-0.15, -0.1) is 6.42 Å². The Bertz CT molecular complexity index is 323. The second kappa shape index (κ2) is 4.42. The van der Waals surface area contributed by atoms with Gasteiger partial charge in [0, 0.05) is 0 Å². The maximum atomic E-state index is 5.24. The lowest BCUT2D eigenvalue weighted by Gasteiger charge is -2.08. The van der Waals surface area contributed by atoms with Crippen molar-refractivity contribution in [1.29, 1.82) is 0 Å². The molecule has 0 bridgehead atoms. The molecule has 0 fully saturated rings. The van der Waals surface area contributed by atoms with E-state index in [0.29, 0.717) is 11.5 Å². The lowest BCUT2D eigenvalue weighted by Crippen LogP contribution is -1.96. The molecule has 0 aliphatic rings. The van der Waals surface area contributed by atoms with Crippen molar-refractivity contribution < 1.29 is 9.47 Å². The first-order valence-corrected chi connectivity index (χ1v) is 3.84. The molecule has 1 aromatic rings. The van der Waals surface area contributed by atoms with Crippen molar-refractivity contribution in [3.63, 3.8) is 0 Å². The van der Waals surface area contributed by atoms with Crippen molar-refractivity contribution in [2.75, 3.05) is 13.7 Å². The van der Waals surface area contributed by atoms with E-state index in [9.17, 15) is 0 Å². The Morgan fingerprint density at radius 3 is 2.85 bits per heavy atom. The van der Waals surface area contributed by atoms with Crippen molar-refractivity contribution in [2.45, 2.75) is 0 Å². The molecule has 0 aromatic heterocycles. The largest absolute Gasteiger partial charge is 0.493 e. The summed E-state index contributed by atoms with van der Waals surface area (Å²) in [5, 5.41) is 0. The first-order valence-electron chi connectivity index (χ1n) is 3.84. The topological polar surface area (TPSA) is 18.5 Å². The second-order valence-electron chi connectivity index (χ2n) is 2.48. The molecular formula is C11H11O2. The fourth-order valence-corrected chi connectivity index (χ4v) is 0.951. The van der Waals surface area contributed by atoms with E-state index in [1.165, 1.54) is 0 Å². The van der Waals surface area contributed by atoms with Crippen molar-refractivity contribution in [3.8, 4) is 23.8 Å². The number of rotatable bonds is 3. The summed E-state index contributed by atoms with van der Waals surface area (Å²) in [4.78, 5) is 0. The van der Waals surface area contributed by atoms with Gasteiger partial charge in [0.25, 0.3) is 0 Å². The highest BCUT2D eigenvalue weighted by atomic mass is 16.5. The fraction of sp³-hybridized carbons (Fsp3) is 0.182. The minimum Gasteiger partial charge on any atom is -0.493 e. The molecule has 0 heterocycles. The Hall–Kier alpha value is -1.62. The van der Waals surface area contributed by atoms with E-state index in [-0.39, 0.29) is 6.61 Å². The molecule has 2 nitrogen and oxygen atoms in total. The van der Waals surface area contributed by atoms with Crippen molar-refractivity contribution in [2.24, 2.45) is 0 Å². The number of hydrogen-bond donors (Lipinski definition) is 0. The van der Waals surface area contributed by atoms with Gasteiger partial charge in [0.05, 0.1) is 7.11 Å². The Labute approximate surface area is 78.5 Å². The zero-order valence-electron chi connectivity index (χ0n) is 7.54. The van der Waals surface area contributed by atoms with E-state index in [1.807, 2.05) is 6.07 Å². The van der Waals surface area contributed by atoms with Crippen molar-refractivity contribution in [3.05, 3.63) is 30.7 Å². The quantitative estimate of drug-likeness (QED) is 0.653. The van der Waals surface area contributed by atoms with Crippen LogP contribution in [0.25, 0.3) is 0 Å². The Morgan fingerprint density at radius 1 is 1.46 bits per heavy atom. The van der Waals surface area contributed by atoms with Gasteiger partial charge in [-0.05, 0) is 24.6 Å². The van der Waals surface area contributed by atoms with Gasteiger partial charge in [-0.3, -0.25) is 0 Å². The molecule has 1 radical (unpaired) electrons. The Balaban J connectivity index is 2.87. The van der Waals surface area contributed by atoms with Gasteiger partial charge in [-0.1, -0.05) is 12.0 Å². The first kappa shape index (κ1) is 9.47. The molecule has 0 aliphatic heterocycles. The summed E-state index contributed by atoms with van der Waals surface area (Å²) in [7, 11) is 1.58. The average Bonchev–Trinajstić information content (AvgIpc) is 2.16. The maximum Gasteiger partial charge on any atom is 0.162 e.